The Balaban J connectivity index is 1.79. The van der Waals surface area contributed by atoms with E-state index in [1.807, 2.05) is 0 Å². The number of rotatable bonds is 7. The largest absolute Gasteiger partial charge is 0.351 e. The summed E-state index contributed by atoms with van der Waals surface area (Å²) in [5.74, 6) is -1.04. The van der Waals surface area contributed by atoms with Crippen LogP contribution in [0, 0.1) is 5.82 Å². The van der Waals surface area contributed by atoms with Crippen molar-refractivity contribution in [2.45, 2.75) is 10.1 Å². The van der Waals surface area contributed by atoms with Gasteiger partial charge in [-0.15, -0.1) is 0 Å². The second kappa shape index (κ2) is 10.0. The lowest BCUT2D eigenvalue weighted by Gasteiger charge is -2.18. The third kappa shape index (κ3) is 5.91. The maximum atomic E-state index is 13.2. The summed E-state index contributed by atoms with van der Waals surface area (Å²) in [6.45, 7) is -0.198. The smallest absolute Gasteiger partial charge is 0.244 e. The van der Waals surface area contributed by atoms with Gasteiger partial charge in [0.2, 0.25) is 5.91 Å². The number of benzene rings is 2. The fourth-order valence-corrected chi connectivity index (χ4v) is 4.75. The molecule has 0 spiro atoms. The minimum Gasteiger partial charge on any atom is -0.351 e. The molecule has 160 valence electrons. The third-order valence-electron chi connectivity index (χ3n) is 4.41. The van der Waals surface area contributed by atoms with Gasteiger partial charge in [-0.05, 0) is 59.7 Å². The van der Waals surface area contributed by atoms with Crippen molar-refractivity contribution in [3.05, 3.63) is 100 Å². The molecular weight excluding hydrogens is 462 g/mol. The molecule has 0 saturated carbocycles. The van der Waals surface area contributed by atoms with Crippen molar-refractivity contribution in [2.24, 2.45) is 0 Å². The van der Waals surface area contributed by atoms with E-state index >= 15 is 0 Å². The van der Waals surface area contributed by atoms with Crippen molar-refractivity contribution in [3.8, 4) is 0 Å². The van der Waals surface area contributed by atoms with Crippen molar-refractivity contribution in [2.75, 3.05) is 6.54 Å². The second-order valence-corrected chi connectivity index (χ2v) is 9.47. The molecule has 0 radical (unpaired) electrons. The number of nitrogens with zero attached hydrogens (tertiary/aromatic N) is 1. The average molecular weight is 479 g/mol. The lowest BCUT2D eigenvalue weighted by molar-refractivity contribution is -0.116. The molecule has 0 aliphatic heterocycles. The van der Waals surface area contributed by atoms with E-state index in [0.29, 0.717) is 21.2 Å². The molecule has 3 rings (SSSR count). The molecule has 0 bridgehead atoms. The van der Waals surface area contributed by atoms with Crippen LogP contribution in [-0.4, -0.2) is 25.9 Å². The Hall–Kier alpha value is -2.74. The van der Waals surface area contributed by atoms with E-state index < -0.39 is 26.8 Å². The lowest BCUT2D eigenvalue weighted by atomic mass is 10.2. The molecule has 0 aliphatic rings. The fraction of sp³-hybridized carbons (Fsp3) is 0.0909. The summed E-state index contributed by atoms with van der Waals surface area (Å²) >= 11 is 11.8. The van der Waals surface area contributed by atoms with Crippen LogP contribution >= 0.6 is 23.2 Å². The zero-order valence-corrected chi connectivity index (χ0v) is 18.3. The molecule has 1 atom stereocenters. The van der Waals surface area contributed by atoms with Gasteiger partial charge in [-0.25, -0.2) is 12.8 Å². The zero-order valence-electron chi connectivity index (χ0n) is 16.0. The topological polar surface area (TPSA) is 76.1 Å². The van der Waals surface area contributed by atoms with E-state index in [1.165, 1.54) is 36.7 Å². The molecule has 5 nitrogen and oxygen atoms in total. The first-order valence-electron chi connectivity index (χ1n) is 9.08. The molecule has 1 heterocycles. The van der Waals surface area contributed by atoms with Gasteiger partial charge in [0.25, 0.3) is 0 Å². The van der Waals surface area contributed by atoms with Gasteiger partial charge in [0.1, 0.15) is 11.1 Å². The molecule has 0 aliphatic carbocycles. The Labute approximate surface area is 189 Å². The summed E-state index contributed by atoms with van der Waals surface area (Å²) in [6, 6.07) is 12.7. The summed E-state index contributed by atoms with van der Waals surface area (Å²) in [4.78, 5) is 16.2. The molecule has 2 aromatic carbocycles. The summed E-state index contributed by atoms with van der Waals surface area (Å²) in [6.07, 6.45) is 5.74. The van der Waals surface area contributed by atoms with E-state index in [1.54, 1.807) is 30.3 Å². The third-order valence-corrected chi connectivity index (χ3v) is 7.26. The first-order valence-corrected chi connectivity index (χ1v) is 11.4. The summed E-state index contributed by atoms with van der Waals surface area (Å²) in [7, 11) is -3.92. The highest BCUT2D eigenvalue weighted by Crippen LogP contribution is 2.28. The van der Waals surface area contributed by atoms with E-state index in [0.717, 1.165) is 12.1 Å². The number of halogens is 3. The number of hydrogen-bond acceptors (Lipinski definition) is 4. The monoisotopic (exact) mass is 478 g/mol. The minimum atomic E-state index is -3.92. The highest BCUT2D eigenvalue weighted by molar-refractivity contribution is 7.91. The Morgan fingerprint density at radius 2 is 1.84 bits per heavy atom. The Kier molecular flexibility index (Phi) is 7.43. The van der Waals surface area contributed by atoms with Gasteiger partial charge in [0, 0.05) is 25.0 Å². The molecular formula is C22H17Cl2FN2O3S. The van der Waals surface area contributed by atoms with E-state index in [9.17, 15) is 17.6 Å². The molecule has 0 saturated heterocycles. The predicted molar refractivity (Wildman–Crippen MR) is 119 cm³/mol. The molecule has 1 amide bonds. The molecule has 1 unspecified atom stereocenters. The summed E-state index contributed by atoms with van der Waals surface area (Å²) in [5.41, 5.74) is 1.06. The lowest BCUT2D eigenvalue weighted by Crippen LogP contribution is -2.31. The predicted octanol–water partition coefficient (Wildman–Crippen LogP) is 4.87. The van der Waals surface area contributed by atoms with Crippen LogP contribution < -0.4 is 5.32 Å². The number of hydrogen-bond donors (Lipinski definition) is 1. The van der Waals surface area contributed by atoms with Crippen LogP contribution in [0.3, 0.4) is 0 Å². The van der Waals surface area contributed by atoms with E-state index in [-0.39, 0.29) is 11.4 Å². The maximum Gasteiger partial charge on any atom is 0.244 e. The standard InChI is InChI=1S/C22H17Cl2FN2O3S/c23-19-9-3-15(12-20(19)24)4-10-22(28)27-14-21(16-2-1-11-26-13-16)31(29,30)18-7-5-17(25)6-8-18/h1-13,21H,14H2,(H,27,28)/b10-4+. The summed E-state index contributed by atoms with van der Waals surface area (Å²) < 4.78 is 39.6. The number of nitrogens with one attached hydrogen (secondary N) is 1. The van der Waals surface area contributed by atoms with Crippen LogP contribution in [0.2, 0.25) is 10.0 Å². The Morgan fingerprint density at radius 3 is 2.48 bits per heavy atom. The van der Waals surface area contributed by atoms with Crippen LogP contribution in [0.1, 0.15) is 16.4 Å². The van der Waals surface area contributed by atoms with Crippen molar-refractivity contribution in [1.82, 2.24) is 10.3 Å². The van der Waals surface area contributed by atoms with Crippen LogP contribution in [0.25, 0.3) is 6.08 Å². The second-order valence-electron chi connectivity index (χ2n) is 6.53. The molecule has 1 aromatic heterocycles. The highest BCUT2D eigenvalue weighted by Gasteiger charge is 2.29. The molecule has 31 heavy (non-hydrogen) atoms. The fourth-order valence-electron chi connectivity index (χ4n) is 2.80. The van der Waals surface area contributed by atoms with Gasteiger partial charge >= 0.3 is 0 Å². The first-order chi connectivity index (χ1) is 14.8. The SMILES string of the molecule is O=C(/C=C/c1ccc(Cl)c(Cl)c1)NCC(c1cccnc1)S(=O)(=O)c1ccc(F)cc1. The van der Waals surface area contributed by atoms with E-state index in [2.05, 4.69) is 10.3 Å². The van der Waals surface area contributed by atoms with Crippen molar-refractivity contribution >= 4 is 45.0 Å². The maximum absolute atomic E-state index is 13.2. The van der Waals surface area contributed by atoms with E-state index in [4.69, 9.17) is 23.2 Å². The van der Waals surface area contributed by atoms with Gasteiger partial charge < -0.3 is 5.32 Å². The number of carbonyl (C=O) groups is 1. The van der Waals surface area contributed by atoms with Crippen molar-refractivity contribution < 1.29 is 17.6 Å². The number of sulfone groups is 1. The number of carbonyl (C=O) groups excluding carboxylic acids is 1. The van der Waals surface area contributed by atoms with Gasteiger partial charge in [-0.1, -0.05) is 35.3 Å². The number of aromatic nitrogens is 1. The Morgan fingerprint density at radius 1 is 1.10 bits per heavy atom. The van der Waals surface area contributed by atoms with Gasteiger partial charge in [-0.2, -0.15) is 0 Å². The zero-order chi connectivity index (χ0) is 22.4. The quantitative estimate of drug-likeness (QED) is 0.388. The number of pyridine rings is 1. The first kappa shape index (κ1) is 22.9. The van der Waals surface area contributed by atoms with Crippen LogP contribution in [0.5, 0.6) is 0 Å². The van der Waals surface area contributed by atoms with Crippen molar-refractivity contribution in [1.29, 1.82) is 0 Å². The number of amides is 1. The molecule has 0 fully saturated rings. The minimum absolute atomic E-state index is 0.0525. The van der Waals surface area contributed by atoms with Crippen LogP contribution in [0.4, 0.5) is 4.39 Å². The highest BCUT2D eigenvalue weighted by atomic mass is 35.5. The van der Waals surface area contributed by atoms with Gasteiger partial charge in [0.15, 0.2) is 9.84 Å². The van der Waals surface area contributed by atoms with Crippen LogP contribution in [-0.2, 0) is 14.6 Å². The van der Waals surface area contributed by atoms with Crippen LogP contribution in [0.15, 0.2) is 78.0 Å². The summed E-state index contributed by atoms with van der Waals surface area (Å²) in [5, 5.41) is 2.25. The average Bonchev–Trinajstić information content (AvgIpc) is 2.75. The molecule has 3 aromatic rings. The van der Waals surface area contributed by atoms with Gasteiger partial charge in [-0.3, -0.25) is 9.78 Å². The Bertz CT molecular complexity index is 1200. The normalized spacial score (nSPS) is 12.6. The molecule has 9 heteroatoms. The van der Waals surface area contributed by atoms with Crippen molar-refractivity contribution in [3.63, 3.8) is 0 Å². The molecule has 1 N–H and O–H groups in total. The van der Waals surface area contributed by atoms with Gasteiger partial charge in [0.05, 0.1) is 14.9 Å².